The van der Waals surface area contributed by atoms with Crippen LogP contribution >= 0.6 is 11.6 Å². The van der Waals surface area contributed by atoms with Gasteiger partial charge in [0, 0.05) is 18.1 Å². The second kappa shape index (κ2) is 8.03. The van der Waals surface area contributed by atoms with Crippen molar-refractivity contribution >= 4 is 11.6 Å². The topological polar surface area (TPSA) is 41.5 Å². The van der Waals surface area contributed by atoms with Crippen LogP contribution in [0.5, 0.6) is 5.75 Å². The summed E-state index contributed by atoms with van der Waals surface area (Å²) in [6.07, 6.45) is -0.340. The molecule has 0 heterocycles. The SMILES string of the molecule is CC(O)CNCc1cccc(OCc2cccc(Cl)c2)c1. The number of benzene rings is 2. The zero-order valence-corrected chi connectivity index (χ0v) is 12.8. The molecule has 0 bridgehead atoms. The number of aliphatic hydroxyl groups excluding tert-OH is 1. The molecule has 0 aromatic heterocycles. The highest BCUT2D eigenvalue weighted by atomic mass is 35.5. The van der Waals surface area contributed by atoms with E-state index in [1.165, 1.54) is 0 Å². The molecule has 4 heteroatoms. The maximum Gasteiger partial charge on any atom is 0.120 e. The molecule has 2 aromatic carbocycles. The van der Waals surface area contributed by atoms with Crippen molar-refractivity contribution in [1.29, 1.82) is 0 Å². The number of aliphatic hydroxyl groups is 1. The molecule has 0 saturated carbocycles. The highest BCUT2D eigenvalue weighted by Gasteiger charge is 2.00. The van der Waals surface area contributed by atoms with Gasteiger partial charge in [0.1, 0.15) is 12.4 Å². The lowest BCUT2D eigenvalue weighted by Gasteiger charge is -2.10. The van der Waals surface area contributed by atoms with Gasteiger partial charge in [0.25, 0.3) is 0 Å². The molecule has 0 aliphatic heterocycles. The van der Waals surface area contributed by atoms with E-state index in [2.05, 4.69) is 5.32 Å². The lowest BCUT2D eigenvalue weighted by atomic mass is 10.2. The van der Waals surface area contributed by atoms with E-state index in [4.69, 9.17) is 16.3 Å². The largest absolute Gasteiger partial charge is 0.489 e. The predicted molar refractivity (Wildman–Crippen MR) is 85.6 cm³/mol. The minimum absolute atomic E-state index is 0.340. The number of nitrogens with one attached hydrogen (secondary N) is 1. The van der Waals surface area contributed by atoms with Crippen LogP contribution in [0, 0.1) is 0 Å². The molecule has 0 amide bonds. The van der Waals surface area contributed by atoms with Crippen molar-refractivity contribution in [2.24, 2.45) is 0 Å². The van der Waals surface area contributed by atoms with Gasteiger partial charge in [0.15, 0.2) is 0 Å². The molecule has 1 atom stereocenters. The highest BCUT2D eigenvalue weighted by molar-refractivity contribution is 6.30. The van der Waals surface area contributed by atoms with Crippen LogP contribution in [0.2, 0.25) is 5.02 Å². The first kappa shape index (κ1) is 15.8. The van der Waals surface area contributed by atoms with Crippen LogP contribution in [0.4, 0.5) is 0 Å². The third-order valence-electron chi connectivity index (χ3n) is 2.96. The van der Waals surface area contributed by atoms with Gasteiger partial charge >= 0.3 is 0 Å². The third-order valence-corrected chi connectivity index (χ3v) is 3.20. The third kappa shape index (κ3) is 5.76. The minimum Gasteiger partial charge on any atom is -0.489 e. The van der Waals surface area contributed by atoms with E-state index in [0.717, 1.165) is 16.9 Å². The fraction of sp³-hybridized carbons (Fsp3) is 0.294. The van der Waals surface area contributed by atoms with E-state index >= 15 is 0 Å². The van der Waals surface area contributed by atoms with Gasteiger partial charge in [0.05, 0.1) is 6.10 Å². The predicted octanol–water partition coefficient (Wildman–Crippen LogP) is 3.39. The second-order valence-corrected chi connectivity index (χ2v) is 5.48. The Morgan fingerprint density at radius 1 is 1.14 bits per heavy atom. The average Bonchev–Trinajstić information content (AvgIpc) is 2.45. The van der Waals surface area contributed by atoms with Gasteiger partial charge in [-0.25, -0.2) is 0 Å². The summed E-state index contributed by atoms with van der Waals surface area (Å²) in [5.74, 6) is 0.825. The van der Waals surface area contributed by atoms with Crippen LogP contribution in [0.25, 0.3) is 0 Å². The summed E-state index contributed by atoms with van der Waals surface area (Å²) < 4.78 is 5.78. The molecule has 2 N–H and O–H groups in total. The maximum absolute atomic E-state index is 9.22. The Kier molecular flexibility index (Phi) is 6.05. The number of halogens is 1. The summed E-state index contributed by atoms with van der Waals surface area (Å²) in [5, 5.41) is 13.1. The molecule has 0 radical (unpaired) electrons. The van der Waals surface area contributed by atoms with Gasteiger partial charge in [0.2, 0.25) is 0 Å². The normalized spacial score (nSPS) is 12.1. The Morgan fingerprint density at radius 2 is 1.90 bits per heavy atom. The van der Waals surface area contributed by atoms with E-state index in [-0.39, 0.29) is 6.10 Å². The molecule has 21 heavy (non-hydrogen) atoms. The van der Waals surface area contributed by atoms with Crippen molar-refractivity contribution in [3.05, 3.63) is 64.7 Å². The first-order valence-electron chi connectivity index (χ1n) is 6.98. The van der Waals surface area contributed by atoms with E-state index in [1.807, 2.05) is 48.5 Å². The van der Waals surface area contributed by atoms with E-state index in [1.54, 1.807) is 6.92 Å². The minimum atomic E-state index is -0.340. The Labute approximate surface area is 130 Å². The lowest BCUT2D eigenvalue weighted by molar-refractivity contribution is 0.191. The number of hydrogen-bond acceptors (Lipinski definition) is 3. The van der Waals surface area contributed by atoms with Gasteiger partial charge in [-0.3, -0.25) is 0 Å². The molecule has 0 aliphatic carbocycles. The van der Waals surface area contributed by atoms with Crippen molar-refractivity contribution < 1.29 is 9.84 Å². The van der Waals surface area contributed by atoms with Crippen LogP contribution in [-0.2, 0) is 13.2 Å². The molecule has 3 nitrogen and oxygen atoms in total. The number of ether oxygens (including phenoxy) is 1. The lowest BCUT2D eigenvalue weighted by Crippen LogP contribution is -2.23. The summed E-state index contributed by atoms with van der Waals surface area (Å²) >= 11 is 5.95. The number of hydrogen-bond donors (Lipinski definition) is 2. The molecule has 2 aromatic rings. The van der Waals surface area contributed by atoms with Crippen molar-refractivity contribution in [3.63, 3.8) is 0 Å². The van der Waals surface area contributed by atoms with Crippen LogP contribution in [0.3, 0.4) is 0 Å². The zero-order chi connectivity index (χ0) is 15.1. The quantitative estimate of drug-likeness (QED) is 0.824. The Hall–Kier alpha value is -1.55. The van der Waals surface area contributed by atoms with Gasteiger partial charge in [-0.05, 0) is 42.3 Å². The first-order valence-corrected chi connectivity index (χ1v) is 7.36. The highest BCUT2D eigenvalue weighted by Crippen LogP contribution is 2.17. The molecular formula is C17H20ClNO2. The molecule has 2 rings (SSSR count). The van der Waals surface area contributed by atoms with Crippen LogP contribution in [0.1, 0.15) is 18.1 Å². The second-order valence-electron chi connectivity index (χ2n) is 5.05. The zero-order valence-electron chi connectivity index (χ0n) is 12.1. The molecule has 112 valence electrons. The van der Waals surface area contributed by atoms with Gasteiger partial charge in [-0.15, -0.1) is 0 Å². The van der Waals surface area contributed by atoms with E-state index in [9.17, 15) is 5.11 Å². The van der Waals surface area contributed by atoms with E-state index in [0.29, 0.717) is 24.7 Å². The summed E-state index contributed by atoms with van der Waals surface area (Å²) in [6, 6.07) is 15.6. The summed E-state index contributed by atoms with van der Waals surface area (Å²) in [4.78, 5) is 0. The molecular weight excluding hydrogens is 286 g/mol. The van der Waals surface area contributed by atoms with Crippen molar-refractivity contribution in [2.75, 3.05) is 6.54 Å². The van der Waals surface area contributed by atoms with Crippen molar-refractivity contribution in [3.8, 4) is 5.75 Å². The van der Waals surface area contributed by atoms with E-state index < -0.39 is 0 Å². The molecule has 0 fully saturated rings. The average molecular weight is 306 g/mol. The molecule has 0 saturated heterocycles. The fourth-order valence-corrected chi connectivity index (χ4v) is 2.18. The Balaban J connectivity index is 1.88. The van der Waals surface area contributed by atoms with Crippen molar-refractivity contribution in [2.45, 2.75) is 26.2 Å². The Morgan fingerprint density at radius 3 is 2.67 bits per heavy atom. The summed E-state index contributed by atoms with van der Waals surface area (Å²) in [6.45, 7) is 3.54. The standard InChI is InChI=1S/C17H20ClNO2/c1-13(20)10-19-11-14-4-3-7-17(9-14)21-12-15-5-2-6-16(18)8-15/h2-9,13,19-20H,10-12H2,1H3. The van der Waals surface area contributed by atoms with Gasteiger partial charge < -0.3 is 15.2 Å². The monoisotopic (exact) mass is 305 g/mol. The van der Waals surface area contributed by atoms with Crippen LogP contribution < -0.4 is 10.1 Å². The summed E-state index contributed by atoms with van der Waals surface area (Å²) in [7, 11) is 0. The molecule has 0 spiro atoms. The number of rotatable bonds is 7. The smallest absolute Gasteiger partial charge is 0.120 e. The van der Waals surface area contributed by atoms with Gasteiger partial charge in [-0.2, -0.15) is 0 Å². The summed E-state index contributed by atoms with van der Waals surface area (Å²) in [5.41, 5.74) is 2.17. The maximum atomic E-state index is 9.22. The fourth-order valence-electron chi connectivity index (χ4n) is 1.96. The van der Waals surface area contributed by atoms with Gasteiger partial charge in [-0.1, -0.05) is 35.9 Å². The van der Waals surface area contributed by atoms with Crippen LogP contribution in [-0.4, -0.2) is 17.8 Å². The Bertz CT molecular complexity index is 572. The van der Waals surface area contributed by atoms with Crippen LogP contribution in [0.15, 0.2) is 48.5 Å². The van der Waals surface area contributed by atoms with Crippen molar-refractivity contribution in [1.82, 2.24) is 5.32 Å². The first-order chi connectivity index (χ1) is 10.1. The molecule has 1 unspecified atom stereocenters. The molecule has 0 aliphatic rings.